The van der Waals surface area contributed by atoms with E-state index in [2.05, 4.69) is 6.58 Å². The van der Waals surface area contributed by atoms with Gasteiger partial charge in [-0.25, -0.2) is 9.69 Å². The fourth-order valence-electron chi connectivity index (χ4n) is 3.01. The average Bonchev–Trinajstić information content (AvgIpc) is 3.01. The van der Waals surface area contributed by atoms with Crippen LogP contribution >= 0.6 is 0 Å². The number of rotatable bonds is 8. The van der Waals surface area contributed by atoms with Gasteiger partial charge in [-0.1, -0.05) is 25.6 Å². The Morgan fingerprint density at radius 3 is 2.60 bits per heavy atom. The number of amides is 2. The predicted molar refractivity (Wildman–Crippen MR) is 111 cm³/mol. The van der Waals surface area contributed by atoms with Crippen molar-refractivity contribution in [2.75, 3.05) is 18.1 Å². The van der Waals surface area contributed by atoms with Crippen LogP contribution in [0.3, 0.4) is 0 Å². The number of esters is 1. The van der Waals surface area contributed by atoms with Crippen LogP contribution < -0.4 is 9.64 Å². The summed E-state index contributed by atoms with van der Waals surface area (Å²) in [6.45, 7) is 7.40. The molecule has 2 amide bonds. The molecule has 1 atom stereocenters. The number of carbonyl (C=O) groups is 3. The van der Waals surface area contributed by atoms with Crippen LogP contribution in [0.4, 0.5) is 5.69 Å². The molecule has 2 aromatic carbocycles. The summed E-state index contributed by atoms with van der Waals surface area (Å²) in [4.78, 5) is 39.1. The van der Waals surface area contributed by atoms with Gasteiger partial charge in [0.1, 0.15) is 19.0 Å². The van der Waals surface area contributed by atoms with Gasteiger partial charge in [-0.2, -0.15) is 0 Å². The number of ether oxygens (including phenoxy) is 2. The Hall–Kier alpha value is -3.45. The molecule has 1 unspecified atom stereocenters. The van der Waals surface area contributed by atoms with Gasteiger partial charge in [-0.3, -0.25) is 9.59 Å². The van der Waals surface area contributed by atoms with Gasteiger partial charge in [-0.05, 0) is 43.2 Å². The molecule has 7 nitrogen and oxygen atoms in total. The highest BCUT2D eigenvalue weighted by Crippen LogP contribution is 2.32. The quantitative estimate of drug-likeness (QED) is 0.409. The van der Waals surface area contributed by atoms with Gasteiger partial charge in [-0.15, -0.1) is 0 Å². The normalized spacial score (nSPS) is 13.8. The number of anilines is 1. The van der Waals surface area contributed by atoms with E-state index in [0.717, 1.165) is 10.5 Å². The molecule has 1 N–H and O–H groups in total. The Bertz CT molecular complexity index is 1010. The van der Waals surface area contributed by atoms with Gasteiger partial charge in [0.2, 0.25) is 0 Å². The van der Waals surface area contributed by atoms with E-state index in [1.807, 2.05) is 6.92 Å². The van der Waals surface area contributed by atoms with Crippen LogP contribution in [0.15, 0.2) is 49.1 Å². The lowest BCUT2D eigenvalue weighted by atomic mass is 10.1. The van der Waals surface area contributed by atoms with E-state index in [-0.39, 0.29) is 23.3 Å². The number of hydrogen-bond acceptors (Lipinski definition) is 6. The molecular formula is C23H23NO6. The molecule has 156 valence electrons. The summed E-state index contributed by atoms with van der Waals surface area (Å²) in [7, 11) is 0. The van der Waals surface area contributed by atoms with E-state index in [9.17, 15) is 19.5 Å². The second-order valence-electron chi connectivity index (χ2n) is 6.92. The third-order valence-corrected chi connectivity index (χ3v) is 4.79. The van der Waals surface area contributed by atoms with Gasteiger partial charge >= 0.3 is 5.97 Å². The van der Waals surface area contributed by atoms with Gasteiger partial charge in [0, 0.05) is 6.07 Å². The van der Waals surface area contributed by atoms with Crippen LogP contribution in [0.5, 0.6) is 5.75 Å². The number of nitrogens with zero attached hydrogens (tertiary/aromatic N) is 1. The summed E-state index contributed by atoms with van der Waals surface area (Å²) in [5, 5.41) is 9.54. The largest absolute Gasteiger partial charge is 0.489 e. The number of carbonyl (C=O) groups excluding carboxylic acids is 3. The first-order valence-electron chi connectivity index (χ1n) is 9.59. The highest BCUT2D eigenvalue weighted by atomic mass is 16.5. The topological polar surface area (TPSA) is 93.1 Å². The SMILES string of the molecule is C=CCOc1cc(N2C(=O)c3ccc(C(=O)OCC(O)CC)cc3C2=O)ccc1C. The van der Waals surface area contributed by atoms with Crippen molar-refractivity contribution in [2.45, 2.75) is 26.4 Å². The zero-order chi connectivity index (χ0) is 21.8. The lowest BCUT2D eigenvalue weighted by Gasteiger charge is -2.16. The maximum atomic E-state index is 13.0. The molecule has 1 aliphatic rings. The molecule has 1 heterocycles. The first kappa shape index (κ1) is 21.3. The third kappa shape index (κ3) is 4.11. The number of aliphatic hydroxyl groups excluding tert-OH is 1. The summed E-state index contributed by atoms with van der Waals surface area (Å²) >= 11 is 0. The van der Waals surface area contributed by atoms with Gasteiger partial charge < -0.3 is 14.6 Å². The molecule has 0 fully saturated rings. The number of imide groups is 1. The minimum Gasteiger partial charge on any atom is -0.489 e. The van der Waals surface area contributed by atoms with Gasteiger partial charge in [0.25, 0.3) is 11.8 Å². The molecule has 1 aliphatic heterocycles. The summed E-state index contributed by atoms with van der Waals surface area (Å²) < 4.78 is 10.6. The van der Waals surface area contributed by atoms with E-state index in [4.69, 9.17) is 9.47 Å². The third-order valence-electron chi connectivity index (χ3n) is 4.79. The summed E-state index contributed by atoms with van der Waals surface area (Å²) in [6.07, 6.45) is 1.31. The summed E-state index contributed by atoms with van der Waals surface area (Å²) in [5.74, 6) is -1.13. The first-order valence-corrected chi connectivity index (χ1v) is 9.59. The van der Waals surface area contributed by atoms with Crippen molar-refractivity contribution >= 4 is 23.5 Å². The van der Waals surface area contributed by atoms with Crippen LogP contribution in [0, 0.1) is 6.92 Å². The molecule has 0 bridgehead atoms. The lowest BCUT2D eigenvalue weighted by Crippen LogP contribution is -2.29. The fourth-order valence-corrected chi connectivity index (χ4v) is 3.01. The Labute approximate surface area is 174 Å². The van der Waals surface area contributed by atoms with Crippen molar-refractivity contribution in [2.24, 2.45) is 0 Å². The van der Waals surface area contributed by atoms with Crippen molar-refractivity contribution in [3.05, 3.63) is 71.3 Å². The zero-order valence-corrected chi connectivity index (χ0v) is 16.9. The second kappa shape index (κ2) is 8.92. The number of aryl methyl sites for hydroxylation is 1. The zero-order valence-electron chi connectivity index (χ0n) is 16.9. The van der Waals surface area contributed by atoms with Crippen molar-refractivity contribution < 1.29 is 29.0 Å². The summed E-state index contributed by atoms with van der Waals surface area (Å²) in [5.41, 5.74) is 1.70. The minimum atomic E-state index is -0.749. The Kier molecular flexibility index (Phi) is 6.32. The summed E-state index contributed by atoms with van der Waals surface area (Å²) in [6, 6.07) is 9.27. The Balaban J connectivity index is 1.87. The predicted octanol–water partition coefficient (Wildman–Crippen LogP) is 3.29. The lowest BCUT2D eigenvalue weighted by molar-refractivity contribution is 0.0250. The van der Waals surface area contributed by atoms with Gasteiger partial charge in [0.05, 0.1) is 28.5 Å². The first-order chi connectivity index (χ1) is 14.4. The molecular weight excluding hydrogens is 386 g/mol. The van der Waals surface area contributed by atoms with E-state index in [1.165, 1.54) is 18.2 Å². The highest BCUT2D eigenvalue weighted by molar-refractivity contribution is 6.34. The van der Waals surface area contributed by atoms with Crippen LogP contribution in [-0.4, -0.2) is 42.2 Å². The van der Waals surface area contributed by atoms with E-state index in [1.54, 1.807) is 31.2 Å². The standard InChI is InChI=1S/C23H23NO6/c1-4-10-29-20-12-16(8-6-14(20)3)24-21(26)18-9-7-15(11-19(18)22(24)27)23(28)30-13-17(25)5-2/h4,6-9,11-12,17,25H,1,5,10,13H2,2-3H3. The number of hydrogen-bond donors (Lipinski definition) is 1. The molecule has 0 saturated heterocycles. The molecule has 0 aliphatic carbocycles. The molecule has 30 heavy (non-hydrogen) atoms. The molecule has 7 heteroatoms. The number of benzene rings is 2. The highest BCUT2D eigenvalue weighted by Gasteiger charge is 2.37. The molecule has 2 aromatic rings. The Morgan fingerprint density at radius 2 is 1.90 bits per heavy atom. The van der Waals surface area contributed by atoms with Crippen molar-refractivity contribution in [1.29, 1.82) is 0 Å². The van der Waals surface area contributed by atoms with Crippen LogP contribution in [0.2, 0.25) is 0 Å². The molecule has 0 radical (unpaired) electrons. The average molecular weight is 409 g/mol. The van der Waals surface area contributed by atoms with E-state index < -0.39 is 23.9 Å². The Morgan fingerprint density at radius 1 is 1.17 bits per heavy atom. The monoisotopic (exact) mass is 409 g/mol. The smallest absolute Gasteiger partial charge is 0.338 e. The molecule has 0 saturated carbocycles. The van der Waals surface area contributed by atoms with E-state index in [0.29, 0.717) is 24.5 Å². The number of aliphatic hydroxyl groups is 1. The van der Waals surface area contributed by atoms with Crippen LogP contribution in [0.1, 0.15) is 50.0 Å². The molecule has 0 spiro atoms. The minimum absolute atomic E-state index is 0.125. The molecule has 3 rings (SSSR count). The van der Waals surface area contributed by atoms with Crippen LogP contribution in [-0.2, 0) is 4.74 Å². The molecule has 0 aromatic heterocycles. The van der Waals surface area contributed by atoms with Crippen molar-refractivity contribution in [3.8, 4) is 5.75 Å². The number of fused-ring (bicyclic) bond motifs is 1. The van der Waals surface area contributed by atoms with Crippen molar-refractivity contribution in [1.82, 2.24) is 0 Å². The van der Waals surface area contributed by atoms with E-state index >= 15 is 0 Å². The van der Waals surface area contributed by atoms with Crippen molar-refractivity contribution in [3.63, 3.8) is 0 Å². The maximum Gasteiger partial charge on any atom is 0.338 e. The van der Waals surface area contributed by atoms with Crippen LogP contribution in [0.25, 0.3) is 0 Å². The maximum absolute atomic E-state index is 13.0. The fraction of sp³-hybridized carbons (Fsp3) is 0.261. The second-order valence-corrected chi connectivity index (χ2v) is 6.92. The van der Waals surface area contributed by atoms with Gasteiger partial charge in [0.15, 0.2) is 0 Å².